The molecule has 154 valence electrons. The van der Waals surface area contributed by atoms with Gasteiger partial charge in [-0.3, -0.25) is 25.2 Å². The topological polar surface area (TPSA) is 112 Å². The highest BCUT2D eigenvalue weighted by Crippen LogP contribution is 2.15. The zero-order valence-electron chi connectivity index (χ0n) is 16.6. The van der Waals surface area contributed by atoms with E-state index in [0.717, 1.165) is 16.8 Å². The average Bonchev–Trinajstić information content (AvgIpc) is 3.27. The minimum atomic E-state index is -0.473. The first-order valence-electron chi connectivity index (χ1n) is 9.27. The van der Waals surface area contributed by atoms with E-state index in [1.165, 1.54) is 18.4 Å². The number of rotatable bonds is 6. The molecule has 3 aromatic rings. The fourth-order valence-electron chi connectivity index (χ4n) is 2.74. The lowest BCUT2D eigenvalue weighted by molar-refractivity contribution is -0.120. The maximum Gasteiger partial charge on any atom is 0.291 e. The Bertz CT molecular complexity index is 1040. The average molecular weight is 406 g/mol. The first-order chi connectivity index (χ1) is 14.4. The number of carbonyl (C=O) groups excluding carboxylic acids is 3. The van der Waals surface area contributed by atoms with Crippen LogP contribution in [-0.4, -0.2) is 24.3 Å². The number of amides is 3. The molecular weight excluding hydrogens is 384 g/mol. The fourth-order valence-corrected chi connectivity index (χ4v) is 2.74. The van der Waals surface area contributed by atoms with Gasteiger partial charge in [-0.15, -0.1) is 0 Å². The first-order valence-corrected chi connectivity index (χ1v) is 9.27. The van der Waals surface area contributed by atoms with E-state index in [1.807, 2.05) is 32.0 Å². The standard InChI is InChI=1S/C22H22N4O4/c1-14-5-10-18(15(2)12-14)23-13-20(27)25-26-21(28)16-6-8-17(9-7-16)24-22(29)19-4-3-11-30-19/h3-12,23H,13H2,1-2H3,(H,24,29)(H,25,27)(H,26,28). The van der Waals surface area contributed by atoms with Crippen LogP contribution in [-0.2, 0) is 4.79 Å². The molecule has 8 nitrogen and oxygen atoms in total. The predicted octanol–water partition coefficient (Wildman–Crippen LogP) is 3.02. The summed E-state index contributed by atoms with van der Waals surface area (Å²) in [6.45, 7) is 3.97. The van der Waals surface area contributed by atoms with Crippen LogP contribution in [0.25, 0.3) is 0 Å². The maximum absolute atomic E-state index is 12.2. The van der Waals surface area contributed by atoms with Gasteiger partial charge in [-0.1, -0.05) is 17.7 Å². The van der Waals surface area contributed by atoms with E-state index in [-0.39, 0.29) is 24.1 Å². The summed E-state index contributed by atoms with van der Waals surface area (Å²) >= 11 is 0. The summed E-state index contributed by atoms with van der Waals surface area (Å²) in [5.74, 6) is -1.06. The van der Waals surface area contributed by atoms with Crippen molar-refractivity contribution in [1.29, 1.82) is 0 Å². The highest BCUT2D eigenvalue weighted by atomic mass is 16.3. The quantitative estimate of drug-likeness (QED) is 0.470. The highest BCUT2D eigenvalue weighted by molar-refractivity contribution is 6.02. The normalized spacial score (nSPS) is 10.2. The van der Waals surface area contributed by atoms with Crippen molar-refractivity contribution < 1.29 is 18.8 Å². The van der Waals surface area contributed by atoms with Crippen LogP contribution >= 0.6 is 0 Å². The van der Waals surface area contributed by atoms with Crippen molar-refractivity contribution in [3.05, 3.63) is 83.3 Å². The van der Waals surface area contributed by atoms with Crippen LogP contribution in [0.1, 0.15) is 32.0 Å². The molecule has 0 aliphatic heterocycles. The summed E-state index contributed by atoms with van der Waals surface area (Å²) in [5.41, 5.74) is 8.59. The molecule has 2 aromatic carbocycles. The van der Waals surface area contributed by atoms with Gasteiger partial charge >= 0.3 is 0 Å². The molecule has 1 heterocycles. The molecule has 1 aromatic heterocycles. The molecule has 0 unspecified atom stereocenters. The lowest BCUT2D eigenvalue weighted by atomic mass is 10.1. The molecule has 30 heavy (non-hydrogen) atoms. The molecule has 0 aliphatic rings. The number of anilines is 2. The molecule has 0 radical (unpaired) electrons. The van der Waals surface area contributed by atoms with Gasteiger partial charge in [0.15, 0.2) is 5.76 Å². The number of aryl methyl sites for hydroxylation is 2. The molecule has 0 bridgehead atoms. The zero-order chi connectivity index (χ0) is 21.5. The number of nitrogens with one attached hydrogen (secondary N) is 4. The van der Waals surface area contributed by atoms with E-state index in [9.17, 15) is 14.4 Å². The van der Waals surface area contributed by atoms with Crippen molar-refractivity contribution in [2.75, 3.05) is 17.2 Å². The number of carbonyl (C=O) groups is 3. The van der Waals surface area contributed by atoms with Crippen LogP contribution in [0.2, 0.25) is 0 Å². The third kappa shape index (κ3) is 5.48. The van der Waals surface area contributed by atoms with E-state index in [4.69, 9.17) is 4.42 Å². The van der Waals surface area contributed by atoms with Gasteiger partial charge in [0.25, 0.3) is 17.7 Å². The predicted molar refractivity (Wildman–Crippen MR) is 113 cm³/mol. The summed E-state index contributed by atoms with van der Waals surface area (Å²) in [4.78, 5) is 36.1. The number of hydrazine groups is 1. The van der Waals surface area contributed by atoms with Crippen LogP contribution in [0, 0.1) is 13.8 Å². The molecule has 0 fully saturated rings. The lowest BCUT2D eigenvalue weighted by Crippen LogP contribution is -2.44. The minimum absolute atomic E-state index is 0.0158. The number of benzene rings is 2. The largest absolute Gasteiger partial charge is 0.459 e. The van der Waals surface area contributed by atoms with Crippen molar-refractivity contribution in [2.45, 2.75) is 13.8 Å². The van der Waals surface area contributed by atoms with Gasteiger partial charge in [0.1, 0.15) is 0 Å². The Hall–Kier alpha value is -4.07. The number of hydrogen-bond donors (Lipinski definition) is 4. The molecule has 0 saturated heterocycles. The van der Waals surface area contributed by atoms with Gasteiger partial charge in [-0.05, 0) is 61.9 Å². The lowest BCUT2D eigenvalue weighted by Gasteiger charge is -2.11. The second kappa shape index (κ2) is 9.42. The van der Waals surface area contributed by atoms with Crippen LogP contribution in [0.3, 0.4) is 0 Å². The van der Waals surface area contributed by atoms with Crippen molar-refractivity contribution in [2.24, 2.45) is 0 Å². The van der Waals surface area contributed by atoms with E-state index in [2.05, 4.69) is 21.5 Å². The summed E-state index contributed by atoms with van der Waals surface area (Å²) in [6, 6.07) is 15.3. The smallest absolute Gasteiger partial charge is 0.291 e. The second-order valence-electron chi connectivity index (χ2n) is 6.68. The molecule has 3 rings (SSSR count). The SMILES string of the molecule is Cc1ccc(NCC(=O)NNC(=O)c2ccc(NC(=O)c3ccco3)cc2)c(C)c1. The number of hydrogen-bond acceptors (Lipinski definition) is 5. The molecule has 8 heteroatoms. The third-order valence-corrected chi connectivity index (χ3v) is 4.29. The van der Waals surface area contributed by atoms with Gasteiger partial charge < -0.3 is 15.1 Å². The molecular formula is C22H22N4O4. The fraction of sp³-hybridized carbons (Fsp3) is 0.136. The van der Waals surface area contributed by atoms with Gasteiger partial charge in [0, 0.05) is 16.9 Å². The Balaban J connectivity index is 1.46. The Morgan fingerprint density at radius 3 is 2.33 bits per heavy atom. The van der Waals surface area contributed by atoms with E-state index >= 15 is 0 Å². The van der Waals surface area contributed by atoms with Gasteiger partial charge in [0.05, 0.1) is 12.8 Å². The summed E-state index contributed by atoms with van der Waals surface area (Å²) in [6.07, 6.45) is 1.41. The van der Waals surface area contributed by atoms with Crippen LogP contribution in [0.4, 0.5) is 11.4 Å². The first kappa shape index (κ1) is 20.7. The molecule has 4 N–H and O–H groups in total. The Labute approximate surface area is 173 Å². The van der Waals surface area contributed by atoms with Crippen molar-refractivity contribution >= 4 is 29.1 Å². The van der Waals surface area contributed by atoms with Crippen molar-refractivity contribution in [3.63, 3.8) is 0 Å². The minimum Gasteiger partial charge on any atom is -0.459 e. The summed E-state index contributed by atoms with van der Waals surface area (Å²) in [5, 5.41) is 5.69. The molecule has 0 aliphatic carbocycles. The molecule has 0 atom stereocenters. The summed E-state index contributed by atoms with van der Waals surface area (Å²) in [7, 11) is 0. The molecule has 0 spiro atoms. The zero-order valence-corrected chi connectivity index (χ0v) is 16.6. The van der Waals surface area contributed by atoms with Gasteiger partial charge in [-0.2, -0.15) is 0 Å². The monoisotopic (exact) mass is 406 g/mol. The summed E-state index contributed by atoms with van der Waals surface area (Å²) < 4.78 is 5.02. The van der Waals surface area contributed by atoms with E-state index in [0.29, 0.717) is 11.3 Å². The molecule has 3 amide bonds. The van der Waals surface area contributed by atoms with E-state index in [1.54, 1.807) is 24.3 Å². The van der Waals surface area contributed by atoms with Gasteiger partial charge in [0.2, 0.25) is 0 Å². The Morgan fingerprint density at radius 1 is 0.900 bits per heavy atom. The van der Waals surface area contributed by atoms with Crippen LogP contribution in [0.5, 0.6) is 0 Å². The Morgan fingerprint density at radius 2 is 1.67 bits per heavy atom. The highest BCUT2D eigenvalue weighted by Gasteiger charge is 2.11. The van der Waals surface area contributed by atoms with E-state index < -0.39 is 5.91 Å². The molecule has 0 saturated carbocycles. The Kier molecular flexibility index (Phi) is 6.49. The number of furan rings is 1. The van der Waals surface area contributed by atoms with Crippen molar-refractivity contribution in [3.8, 4) is 0 Å². The van der Waals surface area contributed by atoms with Crippen LogP contribution in [0.15, 0.2) is 65.3 Å². The second-order valence-corrected chi connectivity index (χ2v) is 6.68. The maximum atomic E-state index is 12.2. The van der Waals surface area contributed by atoms with Crippen molar-refractivity contribution in [1.82, 2.24) is 10.9 Å². The van der Waals surface area contributed by atoms with Crippen LogP contribution < -0.4 is 21.5 Å². The van der Waals surface area contributed by atoms with Gasteiger partial charge in [-0.25, -0.2) is 0 Å². The third-order valence-electron chi connectivity index (χ3n) is 4.29.